The number of carbonyl (C=O) groups is 2. The number of carbonyl (C=O) groups excluding carboxylic acids is 2. The van der Waals surface area contributed by atoms with Gasteiger partial charge in [0.05, 0.1) is 25.3 Å². The van der Waals surface area contributed by atoms with Gasteiger partial charge in [-0.15, -0.1) is 0 Å². The van der Waals surface area contributed by atoms with Gasteiger partial charge < -0.3 is 19.7 Å². The summed E-state index contributed by atoms with van der Waals surface area (Å²) in [5.74, 6) is -0.428. The minimum atomic E-state index is -0.550. The molecule has 0 aromatic heterocycles. The molecule has 1 aromatic rings. The topological polar surface area (TPSA) is 91.7 Å². The van der Waals surface area contributed by atoms with Gasteiger partial charge in [0.15, 0.2) is 0 Å². The van der Waals surface area contributed by atoms with Crippen LogP contribution in [0.15, 0.2) is 30.0 Å². The number of nitrogens with zero attached hydrogens (tertiary/aromatic N) is 2. The van der Waals surface area contributed by atoms with Crippen molar-refractivity contribution in [1.29, 1.82) is 5.26 Å². The number of methoxy groups -OCH3 is 1. The lowest BCUT2D eigenvalue weighted by atomic mass is 9.97. The molecule has 0 spiro atoms. The quantitative estimate of drug-likeness (QED) is 0.455. The number of hydrogen-bond acceptors (Lipinski definition) is 6. The number of benzene rings is 1. The van der Waals surface area contributed by atoms with Gasteiger partial charge in [-0.05, 0) is 38.0 Å². The molecule has 0 saturated carbocycles. The number of piperidine rings is 1. The minimum Gasteiger partial charge on any atom is -0.495 e. The van der Waals surface area contributed by atoms with Gasteiger partial charge in [0.2, 0.25) is 0 Å². The van der Waals surface area contributed by atoms with Crippen LogP contribution in [0.5, 0.6) is 5.75 Å². The van der Waals surface area contributed by atoms with Gasteiger partial charge in [0, 0.05) is 24.3 Å². The van der Waals surface area contributed by atoms with Crippen LogP contribution in [0.2, 0.25) is 5.02 Å². The number of nitrogens with one attached hydrogen (secondary N) is 1. The summed E-state index contributed by atoms with van der Waals surface area (Å²) in [7, 11) is 1.48. The van der Waals surface area contributed by atoms with Gasteiger partial charge in [-0.1, -0.05) is 11.6 Å². The Morgan fingerprint density at radius 3 is 2.70 bits per heavy atom. The maximum absolute atomic E-state index is 12.5. The fourth-order valence-corrected chi connectivity index (χ4v) is 2.98. The molecule has 1 aliphatic rings. The third-order valence-corrected chi connectivity index (χ3v) is 4.47. The number of likely N-dealkylation sites (tertiary alicyclic amines) is 1. The first-order valence-electron chi connectivity index (χ1n) is 8.66. The monoisotopic (exact) mass is 391 g/mol. The zero-order chi connectivity index (χ0) is 19.8. The van der Waals surface area contributed by atoms with Crippen molar-refractivity contribution >= 4 is 29.2 Å². The first-order chi connectivity index (χ1) is 13.0. The molecule has 1 N–H and O–H groups in total. The Labute approximate surface area is 163 Å². The van der Waals surface area contributed by atoms with Gasteiger partial charge in [-0.25, -0.2) is 0 Å². The van der Waals surface area contributed by atoms with Crippen molar-refractivity contribution < 1.29 is 19.1 Å². The largest absolute Gasteiger partial charge is 0.495 e. The third kappa shape index (κ3) is 5.63. The molecule has 0 bridgehead atoms. The van der Waals surface area contributed by atoms with Crippen molar-refractivity contribution in [2.75, 3.05) is 32.1 Å². The number of hydrogen-bond donors (Lipinski definition) is 1. The zero-order valence-electron chi connectivity index (χ0n) is 15.3. The number of halogens is 1. The fraction of sp³-hybridized carbons (Fsp3) is 0.421. The molecule has 1 fully saturated rings. The van der Waals surface area contributed by atoms with Crippen LogP contribution in [0.3, 0.4) is 0 Å². The second-order valence-corrected chi connectivity index (χ2v) is 6.45. The molecular formula is C19H22ClN3O4. The molecule has 7 nitrogen and oxygen atoms in total. The minimum absolute atomic E-state index is 0.0355. The van der Waals surface area contributed by atoms with E-state index in [1.165, 1.54) is 13.3 Å². The fourth-order valence-electron chi connectivity index (χ4n) is 2.81. The normalized spacial score (nSPS) is 15.0. The van der Waals surface area contributed by atoms with Crippen molar-refractivity contribution in [2.45, 2.75) is 19.8 Å². The van der Waals surface area contributed by atoms with Gasteiger partial charge in [0.25, 0.3) is 5.91 Å². The maximum Gasteiger partial charge on any atom is 0.309 e. The molecule has 144 valence electrons. The molecule has 1 saturated heterocycles. The number of anilines is 1. The molecule has 1 aromatic carbocycles. The molecular weight excluding hydrogens is 370 g/mol. The molecule has 0 atom stereocenters. The summed E-state index contributed by atoms with van der Waals surface area (Å²) < 4.78 is 10.2. The average Bonchev–Trinajstić information content (AvgIpc) is 2.67. The van der Waals surface area contributed by atoms with Crippen LogP contribution < -0.4 is 10.1 Å². The van der Waals surface area contributed by atoms with E-state index in [9.17, 15) is 14.9 Å². The van der Waals surface area contributed by atoms with Crippen LogP contribution in [-0.2, 0) is 14.3 Å². The summed E-state index contributed by atoms with van der Waals surface area (Å²) >= 11 is 5.96. The molecule has 1 aliphatic heterocycles. The summed E-state index contributed by atoms with van der Waals surface area (Å²) in [6, 6.07) is 6.75. The summed E-state index contributed by atoms with van der Waals surface area (Å²) in [5, 5.41) is 12.4. The number of amides is 1. The van der Waals surface area contributed by atoms with Gasteiger partial charge in [-0.3, -0.25) is 9.59 Å². The van der Waals surface area contributed by atoms with Crippen molar-refractivity contribution in [3.63, 3.8) is 0 Å². The number of ether oxygens (including phenoxy) is 2. The standard InChI is InChI=1S/C19H22ClN3O4/c1-3-27-19(25)13-6-8-23(9-7-13)12-14(11-21)18(24)22-16-10-15(20)4-5-17(16)26-2/h4-5,10,12-13H,3,6-9H2,1-2H3,(H,22,24)/b14-12-. The molecule has 0 radical (unpaired) electrons. The molecule has 0 aliphatic carbocycles. The highest BCUT2D eigenvalue weighted by atomic mass is 35.5. The number of esters is 1. The van der Waals surface area contributed by atoms with Crippen molar-refractivity contribution in [1.82, 2.24) is 4.90 Å². The molecule has 1 amide bonds. The summed E-state index contributed by atoms with van der Waals surface area (Å²) in [4.78, 5) is 26.1. The highest BCUT2D eigenvalue weighted by Gasteiger charge is 2.25. The van der Waals surface area contributed by atoms with Crippen LogP contribution >= 0.6 is 11.6 Å². The van der Waals surface area contributed by atoms with Gasteiger partial charge >= 0.3 is 5.97 Å². The molecule has 2 rings (SSSR count). The lowest BCUT2D eigenvalue weighted by Gasteiger charge is -2.30. The molecule has 8 heteroatoms. The van der Waals surface area contributed by atoms with E-state index in [-0.39, 0.29) is 17.5 Å². The van der Waals surface area contributed by atoms with E-state index in [0.717, 1.165) is 0 Å². The first-order valence-corrected chi connectivity index (χ1v) is 9.03. The second kappa shape index (κ2) is 9.83. The Kier molecular flexibility index (Phi) is 7.50. The highest BCUT2D eigenvalue weighted by molar-refractivity contribution is 6.31. The SMILES string of the molecule is CCOC(=O)C1CCN(/C=C(/C#N)C(=O)Nc2cc(Cl)ccc2OC)CC1. The Balaban J connectivity index is 2.02. The lowest BCUT2D eigenvalue weighted by Crippen LogP contribution is -2.34. The molecule has 27 heavy (non-hydrogen) atoms. The molecule has 0 unspecified atom stereocenters. The smallest absolute Gasteiger partial charge is 0.309 e. The lowest BCUT2D eigenvalue weighted by molar-refractivity contribution is -0.149. The predicted molar refractivity (Wildman–Crippen MR) is 101 cm³/mol. The first kappa shape index (κ1) is 20.6. The maximum atomic E-state index is 12.5. The van der Waals surface area contributed by atoms with E-state index in [0.29, 0.717) is 49.0 Å². The summed E-state index contributed by atoms with van der Waals surface area (Å²) in [6.07, 6.45) is 2.77. The number of nitriles is 1. The van der Waals surface area contributed by atoms with Gasteiger partial charge in [0.1, 0.15) is 17.4 Å². The van der Waals surface area contributed by atoms with Crippen molar-refractivity contribution in [3.05, 3.63) is 35.0 Å². The van der Waals surface area contributed by atoms with E-state index >= 15 is 0 Å². The van der Waals surface area contributed by atoms with E-state index in [1.54, 1.807) is 25.1 Å². The number of rotatable bonds is 6. The Hall–Kier alpha value is -2.72. The predicted octanol–water partition coefficient (Wildman–Crippen LogP) is 2.97. The van der Waals surface area contributed by atoms with E-state index in [4.69, 9.17) is 21.1 Å². The van der Waals surface area contributed by atoms with Crippen molar-refractivity contribution in [2.24, 2.45) is 5.92 Å². The summed E-state index contributed by atoms with van der Waals surface area (Å²) in [5.41, 5.74) is 0.351. The van der Waals surface area contributed by atoms with E-state index in [1.807, 2.05) is 11.0 Å². The van der Waals surface area contributed by atoms with E-state index in [2.05, 4.69) is 5.32 Å². The zero-order valence-corrected chi connectivity index (χ0v) is 16.1. The second-order valence-electron chi connectivity index (χ2n) is 6.02. The van der Waals surface area contributed by atoms with Crippen LogP contribution in [-0.4, -0.2) is 43.6 Å². The summed E-state index contributed by atoms with van der Waals surface area (Å²) in [6.45, 7) is 3.29. The Morgan fingerprint density at radius 1 is 1.41 bits per heavy atom. The average molecular weight is 392 g/mol. The van der Waals surface area contributed by atoms with Crippen LogP contribution in [0.25, 0.3) is 0 Å². The van der Waals surface area contributed by atoms with E-state index < -0.39 is 5.91 Å². The molecule has 1 heterocycles. The van der Waals surface area contributed by atoms with Gasteiger partial charge in [-0.2, -0.15) is 5.26 Å². The van der Waals surface area contributed by atoms with Crippen molar-refractivity contribution in [3.8, 4) is 11.8 Å². The van der Waals surface area contributed by atoms with Crippen LogP contribution in [0.4, 0.5) is 5.69 Å². The Bertz CT molecular complexity index is 765. The van der Waals surface area contributed by atoms with Crippen LogP contribution in [0.1, 0.15) is 19.8 Å². The highest BCUT2D eigenvalue weighted by Crippen LogP contribution is 2.28. The third-order valence-electron chi connectivity index (χ3n) is 4.24. The Morgan fingerprint density at radius 2 is 2.11 bits per heavy atom. The van der Waals surface area contributed by atoms with Crippen LogP contribution in [0, 0.1) is 17.2 Å².